The topological polar surface area (TPSA) is 186 Å². The number of ether oxygens (including phenoxy) is 4. The number of hydrogen-bond acceptors (Lipinski definition) is 14. The molecule has 0 bridgehead atoms. The van der Waals surface area contributed by atoms with Crippen LogP contribution in [0.4, 0.5) is 5.82 Å². The van der Waals surface area contributed by atoms with E-state index in [0.717, 1.165) is 5.56 Å². The van der Waals surface area contributed by atoms with Gasteiger partial charge in [-0.3, -0.25) is 4.72 Å². The van der Waals surface area contributed by atoms with E-state index in [1.165, 1.54) is 38.7 Å². The van der Waals surface area contributed by atoms with E-state index in [1.807, 2.05) is 26.8 Å². The Morgan fingerprint density at radius 1 is 0.525 bits per heavy atom. The lowest BCUT2D eigenvalue weighted by molar-refractivity contribution is 0.378. The number of hydrogen-bond donors (Lipinski definition) is 1. The number of aromatic nitrogens is 8. The first-order valence-electron chi connectivity index (χ1n) is 17.4. The van der Waals surface area contributed by atoms with Crippen LogP contribution in [-0.4, -0.2) is 62.5 Å². The van der Waals surface area contributed by atoms with Crippen molar-refractivity contribution < 1.29 is 27.4 Å². The summed E-state index contributed by atoms with van der Waals surface area (Å²) in [5.74, 6) is 2.28. The van der Waals surface area contributed by atoms with Crippen LogP contribution in [0.3, 0.4) is 0 Å². The highest BCUT2D eigenvalue weighted by Gasteiger charge is 2.25. The highest BCUT2D eigenvalue weighted by atomic mass is 35.5. The number of para-hydroxylation sites is 4. The summed E-state index contributed by atoms with van der Waals surface area (Å²) < 4.78 is 51.3. The lowest BCUT2D eigenvalue weighted by atomic mass is 9.87. The van der Waals surface area contributed by atoms with Crippen LogP contribution in [0.5, 0.6) is 34.5 Å². The summed E-state index contributed by atoms with van der Waals surface area (Å²) in [4.78, 5) is 33.3. The largest absolute Gasteiger partial charge is 0.493 e. The summed E-state index contributed by atoms with van der Waals surface area (Å²) in [7, 11) is -1.05. The number of anilines is 1. The number of methoxy groups -OCH3 is 2. The second-order valence-electron chi connectivity index (χ2n) is 13.0. The number of rotatable bonds is 11. The molecule has 15 nitrogen and oxygen atoms in total. The van der Waals surface area contributed by atoms with Gasteiger partial charge < -0.3 is 18.9 Å². The van der Waals surface area contributed by atoms with Crippen molar-refractivity contribution in [1.29, 1.82) is 0 Å². The van der Waals surface area contributed by atoms with E-state index in [9.17, 15) is 8.42 Å². The summed E-state index contributed by atoms with van der Waals surface area (Å²) in [6, 6.07) is 23.9. The molecule has 0 aliphatic carbocycles. The first-order valence-corrected chi connectivity index (χ1v) is 20.0. The Bertz CT molecular complexity index is 2640. The molecule has 0 spiro atoms. The summed E-state index contributed by atoms with van der Waals surface area (Å²) >= 11 is 18.8. The monoisotopic (exact) mass is 873 g/mol. The zero-order valence-corrected chi connectivity index (χ0v) is 35.0. The minimum absolute atomic E-state index is 0.0220. The van der Waals surface area contributed by atoms with Crippen molar-refractivity contribution in [2.75, 3.05) is 18.9 Å². The van der Waals surface area contributed by atoms with Crippen molar-refractivity contribution in [3.05, 3.63) is 131 Å². The van der Waals surface area contributed by atoms with E-state index in [-0.39, 0.29) is 60.6 Å². The van der Waals surface area contributed by atoms with Crippen LogP contribution in [-0.2, 0) is 15.4 Å². The smallest absolute Gasteiger partial charge is 0.263 e. The molecule has 0 aliphatic heterocycles. The van der Waals surface area contributed by atoms with Crippen LogP contribution in [0.25, 0.3) is 23.3 Å². The molecule has 4 aromatic heterocycles. The van der Waals surface area contributed by atoms with Crippen LogP contribution in [0.1, 0.15) is 26.3 Å². The number of halogens is 3. The van der Waals surface area contributed by atoms with Crippen LogP contribution >= 0.6 is 34.8 Å². The van der Waals surface area contributed by atoms with E-state index >= 15 is 0 Å². The van der Waals surface area contributed by atoms with Gasteiger partial charge in [-0.05, 0) is 59.5 Å². The molecule has 3 aromatic carbocycles. The Kier molecular flexibility index (Phi) is 13.4. The Labute approximate surface area is 354 Å². The van der Waals surface area contributed by atoms with Gasteiger partial charge in [0.15, 0.2) is 55.9 Å². The average molecular weight is 875 g/mol. The lowest BCUT2D eigenvalue weighted by Gasteiger charge is -2.19. The summed E-state index contributed by atoms with van der Waals surface area (Å²) in [5, 5.41) is -0.0316. The first-order chi connectivity index (χ1) is 28.3. The molecule has 19 heteroatoms. The molecule has 0 atom stereocenters. The van der Waals surface area contributed by atoms with Crippen LogP contribution in [0.15, 0.2) is 115 Å². The molecule has 0 unspecified atom stereocenters. The molecular formula is C40H34Cl3N9O6S. The van der Waals surface area contributed by atoms with Gasteiger partial charge in [0.05, 0.1) is 19.1 Å². The van der Waals surface area contributed by atoms with Crippen molar-refractivity contribution >= 4 is 50.6 Å². The second kappa shape index (κ2) is 18.6. The third-order valence-electron chi connectivity index (χ3n) is 7.96. The molecule has 1 N–H and O–H groups in total. The van der Waals surface area contributed by atoms with Crippen molar-refractivity contribution in [3.8, 4) is 57.8 Å². The Morgan fingerprint density at radius 2 is 0.932 bits per heavy atom. The van der Waals surface area contributed by atoms with Gasteiger partial charge in [-0.15, -0.1) is 0 Å². The van der Waals surface area contributed by atoms with E-state index in [4.69, 9.17) is 53.8 Å². The molecule has 4 heterocycles. The van der Waals surface area contributed by atoms with Gasteiger partial charge >= 0.3 is 0 Å². The highest BCUT2D eigenvalue weighted by Crippen LogP contribution is 2.41. The summed E-state index contributed by atoms with van der Waals surface area (Å²) in [6.07, 6.45) is 6.18. The maximum absolute atomic E-state index is 13.3. The molecular weight excluding hydrogens is 841 g/mol. The third kappa shape index (κ3) is 10.5. The fraction of sp³-hybridized carbons (Fsp3) is 0.150. The number of sulfonamides is 1. The van der Waals surface area contributed by atoms with Gasteiger partial charge in [0, 0.05) is 24.8 Å². The van der Waals surface area contributed by atoms with Gasteiger partial charge in [-0.2, -0.15) is 0 Å². The second-order valence-corrected chi connectivity index (χ2v) is 15.8. The summed E-state index contributed by atoms with van der Waals surface area (Å²) in [5.41, 5.74) is 0.867. The molecule has 7 aromatic rings. The summed E-state index contributed by atoms with van der Waals surface area (Å²) in [6.45, 7) is 6.14. The predicted octanol–water partition coefficient (Wildman–Crippen LogP) is 9.53. The number of benzene rings is 3. The normalized spacial score (nSPS) is 11.2. The standard InChI is InChI=1S/C25H24ClN5O4S.C15H10Cl2N4O2/c1-25(2,3)16-10-12-17(13-11-16)36(32,33)31-22-20(35-19-9-6-5-8-18(19)34-4)21(26)29-24(30-22)23-27-14-7-15-28-23;1-22-9-5-2-3-6-10(9)23-11-12(16)20-15(21-13(11)17)14-18-7-4-8-19-14/h5-15H,1-4H3,(H,29,30,31);2-8H,1H3. The molecule has 59 heavy (non-hydrogen) atoms. The maximum Gasteiger partial charge on any atom is 0.263 e. The molecule has 0 amide bonds. The fourth-order valence-corrected chi connectivity index (χ4v) is 6.72. The van der Waals surface area contributed by atoms with Gasteiger partial charge in [0.2, 0.25) is 23.1 Å². The van der Waals surface area contributed by atoms with Crippen molar-refractivity contribution in [2.24, 2.45) is 0 Å². The molecule has 0 aliphatic rings. The fourth-order valence-electron chi connectivity index (χ4n) is 5.04. The Hall–Kier alpha value is -6.20. The quantitative estimate of drug-likeness (QED) is 0.121. The van der Waals surface area contributed by atoms with Gasteiger partial charge in [-0.1, -0.05) is 92.0 Å². The van der Waals surface area contributed by atoms with Gasteiger partial charge in [-0.25, -0.2) is 48.3 Å². The van der Waals surface area contributed by atoms with E-state index < -0.39 is 10.0 Å². The molecule has 0 radical (unpaired) electrons. The van der Waals surface area contributed by atoms with Crippen molar-refractivity contribution in [2.45, 2.75) is 31.1 Å². The predicted molar refractivity (Wildman–Crippen MR) is 223 cm³/mol. The zero-order valence-electron chi connectivity index (χ0n) is 32.0. The van der Waals surface area contributed by atoms with Crippen LogP contribution < -0.4 is 23.7 Å². The van der Waals surface area contributed by atoms with E-state index in [1.54, 1.807) is 79.1 Å². The van der Waals surface area contributed by atoms with Crippen molar-refractivity contribution in [1.82, 2.24) is 39.9 Å². The number of nitrogens with zero attached hydrogens (tertiary/aromatic N) is 8. The van der Waals surface area contributed by atoms with E-state index in [0.29, 0.717) is 28.8 Å². The van der Waals surface area contributed by atoms with Crippen molar-refractivity contribution in [3.63, 3.8) is 0 Å². The first kappa shape index (κ1) is 42.4. The SMILES string of the molecule is COc1ccccc1Oc1c(Cl)nc(-c2ncccn2)nc1Cl.COc1ccccc1Oc1c(Cl)nc(-c2ncccn2)nc1NS(=O)(=O)c1ccc(C(C)(C)C)cc1. The average Bonchev–Trinajstić information content (AvgIpc) is 3.24. The Morgan fingerprint density at radius 3 is 1.37 bits per heavy atom. The lowest BCUT2D eigenvalue weighted by Crippen LogP contribution is -2.17. The maximum atomic E-state index is 13.3. The number of nitrogens with one attached hydrogen (secondary N) is 1. The molecule has 0 saturated heterocycles. The highest BCUT2D eigenvalue weighted by molar-refractivity contribution is 7.92. The third-order valence-corrected chi connectivity index (χ3v) is 10.1. The van der Waals surface area contributed by atoms with Crippen LogP contribution in [0.2, 0.25) is 15.5 Å². The molecule has 302 valence electrons. The minimum Gasteiger partial charge on any atom is -0.493 e. The molecule has 0 saturated carbocycles. The Balaban J connectivity index is 0.000000219. The van der Waals surface area contributed by atoms with Gasteiger partial charge in [0.25, 0.3) is 10.0 Å². The minimum atomic E-state index is -4.07. The molecule has 0 fully saturated rings. The van der Waals surface area contributed by atoms with E-state index in [2.05, 4.69) is 44.6 Å². The van der Waals surface area contributed by atoms with Gasteiger partial charge in [0.1, 0.15) is 0 Å². The zero-order chi connectivity index (χ0) is 42.2. The molecule has 7 rings (SSSR count). The van der Waals surface area contributed by atoms with Crippen LogP contribution in [0, 0.1) is 0 Å².